The molecule has 7 nitrogen and oxygen atoms in total. The summed E-state index contributed by atoms with van der Waals surface area (Å²) in [7, 11) is 0. The van der Waals surface area contributed by atoms with Gasteiger partial charge in [-0.3, -0.25) is 9.32 Å². The third-order valence-corrected chi connectivity index (χ3v) is 3.76. The Morgan fingerprint density at radius 1 is 1.35 bits per heavy atom. The van der Waals surface area contributed by atoms with Gasteiger partial charge in [0.15, 0.2) is 5.78 Å². The summed E-state index contributed by atoms with van der Waals surface area (Å²) in [5, 5.41) is 12.2. The van der Waals surface area contributed by atoms with E-state index in [-0.39, 0.29) is 12.2 Å². The molecule has 23 heavy (non-hydrogen) atoms. The van der Waals surface area contributed by atoms with Gasteiger partial charge < -0.3 is 10.6 Å². The number of benzene rings is 1. The van der Waals surface area contributed by atoms with E-state index in [1.165, 1.54) is 0 Å². The van der Waals surface area contributed by atoms with Crippen LogP contribution in [0.25, 0.3) is 0 Å². The maximum absolute atomic E-state index is 12.1. The average Bonchev–Trinajstić information content (AvgIpc) is 3.04. The summed E-state index contributed by atoms with van der Waals surface area (Å²) >= 11 is 5.23. The van der Waals surface area contributed by atoms with Crippen LogP contribution >= 0.6 is 12.2 Å². The van der Waals surface area contributed by atoms with E-state index in [1.807, 2.05) is 18.2 Å². The van der Waals surface area contributed by atoms with Crippen LogP contribution in [0.1, 0.15) is 16.8 Å². The fourth-order valence-electron chi connectivity index (χ4n) is 2.34. The molecule has 0 bridgehead atoms. The molecule has 2 heterocycles. The van der Waals surface area contributed by atoms with Crippen molar-refractivity contribution >= 4 is 28.9 Å². The van der Waals surface area contributed by atoms with Crippen LogP contribution < -0.4 is 20.4 Å². The van der Waals surface area contributed by atoms with E-state index >= 15 is 0 Å². The maximum Gasteiger partial charge on any atom is 0.304 e. The van der Waals surface area contributed by atoms with Crippen LogP contribution in [0.2, 0.25) is 0 Å². The number of hydrogen-bond donors (Lipinski definition) is 2. The van der Waals surface area contributed by atoms with Gasteiger partial charge in [0.1, 0.15) is 0 Å². The van der Waals surface area contributed by atoms with Crippen molar-refractivity contribution in [1.29, 1.82) is 0 Å². The minimum Gasteiger partial charge on any atom is -0.313 e. The Bertz CT molecular complexity index is 682. The number of hydrogen-bond acceptors (Lipinski definition) is 6. The molecule has 8 heteroatoms. The summed E-state index contributed by atoms with van der Waals surface area (Å²) in [6, 6.07) is 9.08. The van der Waals surface area contributed by atoms with Crippen LogP contribution in [0.3, 0.4) is 0 Å². The minimum absolute atomic E-state index is 0.0300. The maximum atomic E-state index is 12.1. The van der Waals surface area contributed by atoms with Crippen molar-refractivity contribution in [3.8, 4) is 0 Å². The quantitative estimate of drug-likeness (QED) is 0.470. The second-order valence-electron chi connectivity index (χ2n) is 5.20. The monoisotopic (exact) mass is 332 g/mol. The van der Waals surface area contributed by atoms with Crippen LogP contribution in [0.15, 0.2) is 41.1 Å². The number of aromatic nitrogens is 2. The lowest BCUT2D eigenvalue weighted by molar-refractivity contribution is -0.758. The second-order valence-corrected chi connectivity index (χ2v) is 5.70. The van der Waals surface area contributed by atoms with Gasteiger partial charge in [-0.05, 0) is 0 Å². The lowest BCUT2D eigenvalue weighted by atomic mass is 10.1. The number of nitrogens with zero attached hydrogens (tertiary/aromatic N) is 3. The van der Waals surface area contributed by atoms with Gasteiger partial charge in [-0.25, -0.2) is 0 Å². The molecule has 1 saturated heterocycles. The molecule has 1 aliphatic heterocycles. The molecule has 1 aromatic heterocycles. The van der Waals surface area contributed by atoms with Crippen LogP contribution in [-0.4, -0.2) is 42.2 Å². The van der Waals surface area contributed by atoms with Crippen molar-refractivity contribution in [2.24, 2.45) is 0 Å². The van der Waals surface area contributed by atoms with Crippen molar-refractivity contribution in [3.05, 3.63) is 42.1 Å². The smallest absolute Gasteiger partial charge is 0.304 e. The molecule has 0 radical (unpaired) electrons. The Balaban J connectivity index is 1.56. The summed E-state index contributed by atoms with van der Waals surface area (Å²) in [5.41, 5.74) is 0.644. The number of nitrogens with one attached hydrogen (secondary N) is 2. The lowest BCUT2D eigenvalue weighted by Gasteiger charge is -2.19. The number of carbonyl (C=O) groups excluding carboxylic acids is 1. The summed E-state index contributed by atoms with van der Waals surface area (Å²) in [6.07, 6.45) is 1.86. The van der Waals surface area contributed by atoms with Crippen LogP contribution in [0.4, 0.5) is 5.88 Å². The first-order valence-electron chi connectivity index (χ1n) is 7.45. The number of anilines is 1. The zero-order chi connectivity index (χ0) is 16.1. The molecule has 0 aliphatic carbocycles. The number of thiocarbonyl (C=S) groups is 1. The second kappa shape index (κ2) is 7.30. The number of rotatable bonds is 5. The molecule has 0 unspecified atom stereocenters. The topological polar surface area (TPSA) is 74.3 Å². The van der Waals surface area contributed by atoms with Gasteiger partial charge in [-0.2, -0.15) is 5.01 Å². The Labute approximate surface area is 139 Å². The minimum atomic E-state index is -0.0300. The van der Waals surface area contributed by atoms with Gasteiger partial charge in [-0.15, -0.1) is 0 Å². The number of carbonyl (C=O) groups is 1. The highest BCUT2D eigenvalue weighted by Gasteiger charge is 2.22. The van der Waals surface area contributed by atoms with Crippen LogP contribution in [-0.2, 0) is 0 Å². The van der Waals surface area contributed by atoms with Crippen LogP contribution in [0.5, 0.6) is 0 Å². The van der Waals surface area contributed by atoms with Gasteiger partial charge in [0.25, 0.3) is 6.20 Å². The predicted octanol–water partition coefficient (Wildman–Crippen LogP) is 0.516. The molecule has 1 fully saturated rings. The highest BCUT2D eigenvalue weighted by molar-refractivity contribution is 7.80. The van der Waals surface area contributed by atoms with Crippen LogP contribution in [0, 0.1) is 0 Å². The fraction of sp³-hybridized carbons (Fsp3) is 0.333. The Hall–Kier alpha value is -2.32. The Kier molecular flexibility index (Phi) is 4.94. The zero-order valence-corrected chi connectivity index (χ0v) is 13.4. The highest BCUT2D eigenvalue weighted by Crippen LogP contribution is 2.07. The fourth-order valence-corrected chi connectivity index (χ4v) is 2.57. The van der Waals surface area contributed by atoms with Crippen molar-refractivity contribution in [3.63, 3.8) is 0 Å². The Morgan fingerprint density at radius 2 is 2.09 bits per heavy atom. The molecule has 3 rings (SSSR count). The molecule has 2 aromatic rings. The standard InChI is InChI=1S/C15H17N5O2S/c21-13(12-4-2-1-3-5-12)10-15(23)17-14-11-20(18-22-14)19-8-6-16-7-9-19/h1-5,11,16H,6-10H2/p+1. The number of piperazine rings is 1. The normalized spacial score (nSPS) is 14.5. The number of ketones is 1. The van der Waals surface area contributed by atoms with Crippen molar-refractivity contribution in [2.75, 3.05) is 36.5 Å². The van der Waals surface area contributed by atoms with Gasteiger partial charge >= 0.3 is 5.88 Å². The van der Waals surface area contributed by atoms with Gasteiger partial charge in [0.05, 0.1) is 29.3 Å². The van der Waals surface area contributed by atoms with E-state index in [0.29, 0.717) is 16.4 Å². The molecule has 0 atom stereocenters. The Morgan fingerprint density at radius 3 is 2.83 bits per heavy atom. The first kappa shape index (κ1) is 15.6. The molecule has 0 spiro atoms. The summed E-state index contributed by atoms with van der Waals surface area (Å²) in [5.74, 6) is 0.395. The average molecular weight is 332 g/mol. The summed E-state index contributed by atoms with van der Waals surface area (Å²) in [6.45, 7) is 3.53. The van der Waals surface area contributed by atoms with E-state index in [9.17, 15) is 4.79 Å². The molecule has 1 aromatic carbocycles. The number of Topliss-reactive ketones (excluding diaryl/α,β-unsaturated/α-hetero) is 1. The molecule has 120 valence electrons. The first-order chi connectivity index (χ1) is 11.2. The third-order valence-electron chi connectivity index (χ3n) is 3.52. The summed E-state index contributed by atoms with van der Waals surface area (Å²) < 4.78 is 5.22. The molecular weight excluding hydrogens is 314 g/mol. The van der Waals surface area contributed by atoms with Gasteiger partial charge in [-0.1, -0.05) is 42.5 Å². The van der Waals surface area contributed by atoms with E-state index in [2.05, 4.69) is 20.9 Å². The molecule has 2 N–H and O–H groups in total. The van der Waals surface area contributed by atoms with E-state index in [0.717, 1.165) is 26.2 Å². The zero-order valence-electron chi connectivity index (χ0n) is 12.6. The van der Waals surface area contributed by atoms with Gasteiger partial charge in [0.2, 0.25) is 5.27 Å². The van der Waals surface area contributed by atoms with Crippen molar-refractivity contribution in [2.45, 2.75) is 6.42 Å². The predicted molar refractivity (Wildman–Crippen MR) is 89.1 cm³/mol. The van der Waals surface area contributed by atoms with Crippen molar-refractivity contribution in [1.82, 2.24) is 10.6 Å². The lowest BCUT2D eigenvalue weighted by Crippen LogP contribution is -2.64. The summed E-state index contributed by atoms with van der Waals surface area (Å²) in [4.78, 5) is 14.2. The van der Waals surface area contributed by atoms with E-state index in [4.69, 9.17) is 16.7 Å². The van der Waals surface area contributed by atoms with Crippen molar-refractivity contribution < 1.29 is 14.1 Å². The SMILES string of the molecule is O=C(CC(=S)Nc1c[n+](N2CCNCC2)no1)c1ccccc1. The van der Waals surface area contributed by atoms with E-state index < -0.39 is 0 Å². The molecule has 0 saturated carbocycles. The largest absolute Gasteiger partial charge is 0.313 e. The first-order valence-corrected chi connectivity index (χ1v) is 7.86. The molecule has 1 aliphatic rings. The van der Waals surface area contributed by atoms with Gasteiger partial charge in [0, 0.05) is 18.7 Å². The molecule has 0 amide bonds. The highest BCUT2D eigenvalue weighted by atomic mass is 32.1. The molecular formula is C15H18N5O2S+. The third kappa shape index (κ3) is 4.11. The van der Waals surface area contributed by atoms with E-state index in [1.54, 1.807) is 23.1 Å².